The van der Waals surface area contributed by atoms with Gasteiger partial charge in [-0.05, 0) is 103 Å². The van der Waals surface area contributed by atoms with Crippen LogP contribution in [0.5, 0.6) is 0 Å². The van der Waals surface area contributed by atoms with Gasteiger partial charge < -0.3 is 20.4 Å². The minimum absolute atomic E-state index is 0.0571. The fourth-order valence-electron chi connectivity index (χ4n) is 4.81. The van der Waals surface area contributed by atoms with E-state index in [1.807, 2.05) is 36.4 Å². The van der Waals surface area contributed by atoms with Crippen LogP contribution in [0.15, 0.2) is 142 Å². The van der Waals surface area contributed by atoms with E-state index in [-0.39, 0.29) is 17.3 Å². The molecule has 6 aromatic rings. The number of anilines is 2. The van der Waals surface area contributed by atoms with Gasteiger partial charge in [-0.3, -0.25) is 24.5 Å². The number of hydrogen-bond donors (Lipinski definition) is 3. The maximum Gasteiger partial charge on any atom is 0.272 e. The monoisotopic (exact) mass is 683 g/mol. The van der Waals surface area contributed by atoms with Crippen molar-refractivity contribution in [1.29, 1.82) is 0 Å². The molecule has 1 aromatic heterocycles. The zero-order valence-corrected chi connectivity index (χ0v) is 27.3. The van der Waals surface area contributed by atoms with E-state index < -0.39 is 22.0 Å². The number of thioether (sulfide) groups is 1. The van der Waals surface area contributed by atoms with Crippen molar-refractivity contribution in [2.45, 2.75) is 17.1 Å². The number of carbonyl (C=O) groups excluding carboxylic acids is 3. The number of non-ortho nitro benzene ring substituents is 1. The first-order chi connectivity index (χ1) is 24.2. The molecule has 6 rings (SSSR count). The molecule has 5 aromatic carbocycles. The minimum atomic E-state index is -0.595. The summed E-state index contributed by atoms with van der Waals surface area (Å²) in [7, 11) is 0. The lowest BCUT2D eigenvalue weighted by Crippen LogP contribution is -2.30. The molecule has 1 atom stereocenters. The topological polar surface area (TPSA) is 156 Å². The maximum atomic E-state index is 13.4. The summed E-state index contributed by atoms with van der Waals surface area (Å²) < 4.78 is 5.82. The molecule has 0 spiro atoms. The molecule has 3 amide bonds. The number of benzene rings is 5. The summed E-state index contributed by atoms with van der Waals surface area (Å²) in [5.74, 6) is -0.770. The van der Waals surface area contributed by atoms with Crippen molar-refractivity contribution in [1.82, 2.24) is 10.3 Å². The molecule has 0 fully saturated rings. The predicted molar refractivity (Wildman–Crippen MR) is 193 cm³/mol. The van der Waals surface area contributed by atoms with Gasteiger partial charge in [-0.15, -0.1) is 11.8 Å². The van der Waals surface area contributed by atoms with Crippen molar-refractivity contribution in [2.24, 2.45) is 0 Å². The van der Waals surface area contributed by atoms with Crippen LogP contribution < -0.4 is 16.0 Å². The summed E-state index contributed by atoms with van der Waals surface area (Å²) in [5.41, 5.74) is 4.04. The number of nitrogens with one attached hydrogen (secondary N) is 3. The molecule has 11 nitrogen and oxygen atoms in total. The van der Waals surface area contributed by atoms with Crippen molar-refractivity contribution >= 4 is 63.7 Å². The van der Waals surface area contributed by atoms with Crippen LogP contribution in [0.4, 0.5) is 17.1 Å². The highest BCUT2D eigenvalue weighted by Gasteiger charge is 2.18. The molecule has 0 aliphatic rings. The van der Waals surface area contributed by atoms with Crippen LogP contribution in [0.25, 0.3) is 28.6 Å². The van der Waals surface area contributed by atoms with E-state index >= 15 is 0 Å². The van der Waals surface area contributed by atoms with E-state index in [1.165, 1.54) is 42.1 Å². The standard InChI is InChI=1S/C38H29N5O6S/c1-24(35(44)39-28-15-13-27(14-16-28)38-42-32-9-5-6-10-34(32)49-38)50-31-21-17-29(18-22-31)40-37(46)33(41-36(45)26-7-3-2-4-8-26)23-25-11-19-30(20-12-25)43(47)48/h2-24H,1H3,(H,39,44)(H,40,46)(H,41,45)/b33-23-. The summed E-state index contributed by atoms with van der Waals surface area (Å²) in [5, 5.41) is 19.0. The first kappa shape index (κ1) is 33.4. The van der Waals surface area contributed by atoms with E-state index in [0.717, 1.165) is 16.0 Å². The first-order valence-corrected chi connectivity index (χ1v) is 16.3. The van der Waals surface area contributed by atoms with Gasteiger partial charge >= 0.3 is 0 Å². The second-order valence-corrected chi connectivity index (χ2v) is 12.4. The Hall–Kier alpha value is -6.53. The molecule has 3 N–H and O–H groups in total. The first-order valence-electron chi connectivity index (χ1n) is 15.4. The van der Waals surface area contributed by atoms with Crippen molar-refractivity contribution in [2.75, 3.05) is 10.6 Å². The molecule has 0 bridgehead atoms. The molecule has 1 unspecified atom stereocenters. The van der Waals surface area contributed by atoms with Crippen molar-refractivity contribution in [3.63, 3.8) is 0 Å². The van der Waals surface area contributed by atoms with E-state index in [1.54, 1.807) is 73.7 Å². The molecule has 0 saturated carbocycles. The van der Waals surface area contributed by atoms with Gasteiger partial charge in [0.15, 0.2) is 5.58 Å². The molecule has 1 heterocycles. The minimum Gasteiger partial charge on any atom is -0.436 e. The van der Waals surface area contributed by atoms with E-state index in [9.17, 15) is 24.5 Å². The lowest BCUT2D eigenvalue weighted by atomic mass is 10.1. The van der Waals surface area contributed by atoms with Gasteiger partial charge in [0.25, 0.3) is 17.5 Å². The number of hydrogen-bond acceptors (Lipinski definition) is 8. The zero-order chi connectivity index (χ0) is 35.0. The van der Waals surface area contributed by atoms with E-state index in [0.29, 0.717) is 34.0 Å². The number of aromatic nitrogens is 1. The van der Waals surface area contributed by atoms with Crippen molar-refractivity contribution in [3.05, 3.63) is 154 Å². The average molecular weight is 684 g/mol. The average Bonchev–Trinajstić information content (AvgIpc) is 3.57. The molecule has 0 aliphatic heterocycles. The fraction of sp³-hybridized carbons (Fsp3) is 0.0526. The lowest BCUT2D eigenvalue weighted by molar-refractivity contribution is -0.384. The Kier molecular flexibility index (Phi) is 10.1. The van der Waals surface area contributed by atoms with Gasteiger partial charge in [-0.25, -0.2) is 4.98 Å². The molecule has 0 aliphatic carbocycles. The number of nitro groups is 1. The summed E-state index contributed by atoms with van der Waals surface area (Å²) in [6.07, 6.45) is 1.44. The SMILES string of the molecule is CC(Sc1ccc(NC(=O)/C(=C/c2ccc([N+](=O)[O-])cc2)NC(=O)c2ccccc2)cc1)C(=O)Nc1ccc(-c2nc3ccccc3o2)cc1. The number of para-hydroxylation sites is 2. The highest BCUT2D eigenvalue weighted by atomic mass is 32.2. The Morgan fingerprint density at radius 2 is 1.44 bits per heavy atom. The second-order valence-electron chi connectivity index (χ2n) is 11.0. The highest BCUT2D eigenvalue weighted by molar-refractivity contribution is 8.00. The van der Waals surface area contributed by atoms with Crippen LogP contribution in [0.2, 0.25) is 0 Å². The van der Waals surface area contributed by atoms with Gasteiger partial charge in [-0.1, -0.05) is 30.3 Å². The predicted octanol–water partition coefficient (Wildman–Crippen LogP) is 7.93. The van der Waals surface area contributed by atoms with E-state index in [2.05, 4.69) is 20.9 Å². The maximum absolute atomic E-state index is 13.4. The normalized spacial score (nSPS) is 11.8. The van der Waals surface area contributed by atoms with Crippen molar-refractivity contribution < 1.29 is 23.7 Å². The Balaban J connectivity index is 1.07. The number of nitrogens with zero attached hydrogens (tertiary/aromatic N) is 2. The van der Waals surface area contributed by atoms with Gasteiger partial charge in [0.05, 0.1) is 10.2 Å². The molecular formula is C38H29N5O6S. The number of fused-ring (bicyclic) bond motifs is 1. The highest BCUT2D eigenvalue weighted by Crippen LogP contribution is 2.28. The molecule has 12 heteroatoms. The van der Waals surface area contributed by atoms with Crippen LogP contribution in [0.3, 0.4) is 0 Å². The smallest absolute Gasteiger partial charge is 0.272 e. The number of carbonyl (C=O) groups is 3. The summed E-state index contributed by atoms with van der Waals surface area (Å²) >= 11 is 1.35. The number of amides is 3. The van der Waals surface area contributed by atoms with Crippen LogP contribution in [-0.4, -0.2) is 32.9 Å². The third kappa shape index (κ3) is 8.30. The molecular weight excluding hydrogens is 655 g/mol. The number of rotatable bonds is 11. The van der Waals surface area contributed by atoms with Crippen LogP contribution in [0.1, 0.15) is 22.8 Å². The van der Waals surface area contributed by atoms with Crippen molar-refractivity contribution in [3.8, 4) is 11.5 Å². The largest absolute Gasteiger partial charge is 0.436 e. The zero-order valence-electron chi connectivity index (χ0n) is 26.5. The Morgan fingerprint density at radius 3 is 2.12 bits per heavy atom. The van der Waals surface area contributed by atoms with Gasteiger partial charge in [0.1, 0.15) is 11.2 Å². The Labute approximate surface area is 290 Å². The van der Waals surface area contributed by atoms with Crippen LogP contribution in [0, 0.1) is 10.1 Å². The molecule has 50 heavy (non-hydrogen) atoms. The summed E-state index contributed by atoms with van der Waals surface area (Å²) in [6.45, 7) is 1.80. The number of oxazole rings is 1. The molecule has 0 saturated heterocycles. The third-order valence-corrected chi connectivity index (χ3v) is 8.54. The van der Waals surface area contributed by atoms with Crippen LogP contribution in [-0.2, 0) is 9.59 Å². The fourth-order valence-corrected chi connectivity index (χ4v) is 5.68. The summed E-state index contributed by atoms with van der Waals surface area (Å²) in [6, 6.07) is 35.8. The van der Waals surface area contributed by atoms with Gasteiger partial charge in [0.2, 0.25) is 11.8 Å². The molecule has 0 radical (unpaired) electrons. The number of nitro benzene ring substituents is 1. The Morgan fingerprint density at radius 1 is 0.800 bits per heavy atom. The summed E-state index contributed by atoms with van der Waals surface area (Å²) in [4.78, 5) is 55.1. The van der Waals surface area contributed by atoms with E-state index in [4.69, 9.17) is 4.42 Å². The van der Waals surface area contributed by atoms with Gasteiger partial charge in [0, 0.05) is 39.5 Å². The quantitative estimate of drug-likeness (QED) is 0.0538. The lowest BCUT2D eigenvalue weighted by Gasteiger charge is -2.14. The van der Waals surface area contributed by atoms with Crippen LogP contribution >= 0.6 is 11.8 Å². The third-order valence-electron chi connectivity index (χ3n) is 7.43. The second kappa shape index (κ2) is 15.1. The van der Waals surface area contributed by atoms with Gasteiger partial charge in [-0.2, -0.15) is 0 Å². The molecule has 248 valence electrons. The Bertz CT molecular complexity index is 2170.